The highest BCUT2D eigenvalue weighted by atomic mass is 35.5. The van der Waals surface area contributed by atoms with E-state index in [0.717, 1.165) is 43.1 Å². The van der Waals surface area contributed by atoms with Crippen molar-refractivity contribution >= 4 is 23.3 Å². The fourth-order valence-corrected chi connectivity index (χ4v) is 3.28. The quantitative estimate of drug-likeness (QED) is 0.637. The van der Waals surface area contributed by atoms with Crippen LogP contribution in [0.4, 0.5) is 5.82 Å². The molecule has 2 aromatic heterocycles. The lowest BCUT2D eigenvalue weighted by Crippen LogP contribution is -2.44. The molecular weight excluding hydrogens is 404 g/mol. The number of likely N-dealkylation sites (N-methyl/N-ethyl adjacent to an activating group) is 1. The van der Waals surface area contributed by atoms with Gasteiger partial charge in [-0.05, 0) is 48.2 Å². The maximum atomic E-state index is 12.2. The Hall–Kier alpha value is -3.04. The summed E-state index contributed by atoms with van der Waals surface area (Å²) in [6.45, 7) is 4.41. The zero-order valence-electron chi connectivity index (χ0n) is 16.7. The van der Waals surface area contributed by atoms with Crippen LogP contribution in [0.3, 0.4) is 0 Å². The molecule has 0 spiro atoms. The van der Waals surface area contributed by atoms with E-state index in [1.165, 1.54) is 4.80 Å². The van der Waals surface area contributed by atoms with Crippen LogP contribution < -0.4 is 10.2 Å². The Bertz CT molecular complexity index is 981. The van der Waals surface area contributed by atoms with Gasteiger partial charge in [-0.15, -0.1) is 10.2 Å². The Morgan fingerprint density at radius 1 is 1.10 bits per heavy atom. The largest absolute Gasteiger partial charge is 0.354 e. The van der Waals surface area contributed by atoms with E-state index in [1.54, 1.807) is 18.3 Å². The first kappa shape index (κ1) is 20.2. The van der Waals surface area contributed by atoms with Crippen LogP contribution in [0.5, 0.6) is 0 Å². The molecule has 0 unspecified atom stereocenters. The van der Waals surface area contributed by atoms with Crippen molar-refractivity contribution in [3.05, 3.63) is 53.2 Å². The summed E-state index contributed by atoms with van der Waals surface area (Å²) < 4.78 is 0. The number of carbonyl (C=O) groups is 1. The lowest BCUT2D eigenvalue weighted by molar-refractivity contribution is -0.122. The summed E-state index contributed by atoms with van der Waals surface area (Å²) in [5.74, 6) is 1.22. The summed E-state index contributed by atoms with van der Waals surface area (Å²) in [6, 6.07) is 11.1. The number of pyridine rings is 1. The monoisotopic (exact) mass is 426 g/mol. The minimum Gasteiger partial charge on any atom is -0.354 e. The van der Waals surface area contributed by atoms with E-state index in [2.05, 4.69) is 42.6 Å². The highest BCUT2D eigenvalue weighted by molar-refractivity contribution is 6.30. The van der Waals surface area contributed by atoms with Gasteiger partial charge >= 0.3 is 0 Å². The molecule has 4 rings (SSSR count). The average molecular weight is 427 g/mol. The van der Waals surface area contributed by atoms with Gasteiger partial charge in [0.05, 0.1) is 0 Å². The summed E-state index contributed by atoms with van der Waals surface area (Å²) in [4.78, 5) is 22.6. The third-order valence-corrected chi connectivity index (χ3v) is 5.22. The Kier molecular flexibility index (Phi) is 6.20. The summed E-state index contributed by atoms with van der Waals surface area (Å²) in [5.41, 5.74) is 1.73. The summed E-state index contributed by atoms with van der Waals surface area (Å²) in [7, 11) is 2.13. The van der Waals surface area contributed by atoms with Crippen LogP contribution >= 0.6 is 11.6 Å². The zero-order valence-corrected chi connectivity index (χ0v) is 17.5. The van der Waals surface area contributed by atoms with Crippen LogP contribution in [0, 0.1) is 0 Å². The fourth-order valence-electron chi connectivity index (χ4n) is 3.15. The molecule has 1 aromatic carbocycles. The van der Waals surface area contributed by atoms with Gasteiger partial charge < -0.3 is 15.1 Å². The summed E-state index contributed by atoms with van der Waals surface area (Å²) in [6.07, 6.45) is 1.81. The molecule has 9 nitrogen and oxygen atoms in total. The Labute approximate surface area is 179 Å². The maximum Gasteiger partial charge on any atom is 0.243 e. The molecule has 3 heterocycles. The highest BCUT2D eigenvalue weighted by Crippen LogP contribution is 2.17. The van der Waals surface area contributed by atoms with Gasteiger partial charge in [-0.3, -0.25) is 4.79 Å². The second-order valence-electron chi connectivity index (χ2n) is 7.24. The molecular formula is C20H23ClN8O. The van der Waals surface area contributed by atoms with Crippen molar-refractivity contribution in [3.63, 3.8) is 0 Å². The van der Waals surface area contributed by atoms with Gasteiger partial charge in [0.1, 0.15) is 12.4 Å². The van der Waals surface area contributed by atoms with Gasteiger partial charge in [-0.1, -0.05) is 17.7 Å². The molecule has 0 aliphatic carbocycles. The van der Waals surface area contributed by atoms with Crippen LogP contribution in [0.25, 0.3) is 11.4 Å². The first-order valence-electron chi connectivity index (χ1n) is 9.76. The van der Waals surface area contributed by atoms with E-state index in [4.69, 9.17) is 11.6 Å². The smallest absolute Gasteiger partial charge is 0.243 e. The van der Waals surface area contributed by atoms with E-state index in [-0.39, 0.29) is 12.5 Å². The van der Waals surface area contributed by atoms with E-state index < -0.39 is 0 Å². The number of anilines is 1. The SMILES string of the molecule is CN1CCN(c2ccc(CNC(=O)Cn3nnc(-c4ccc(Cl)cc4)n3)cn2)CC1. The molecule has 0 radical (unpaired) electrons. The number of rotatable bonds is 6. The minimum atomic E-state index is -0.196. The van der Waals surface area contributed by atoms with E-state index in [0.29, 0.717) is 17.4 Å². The van der Waals surface area contributed by atoms with Gasteiger partial charge in [-0.2, -0.15) is 4.80 Å². The van der Waals surface area contributed by atoms with Crippen LogP contribution in [-0.2, 0) is 17.9 Å². The molecule has 3 aromatic rings. The third kappa shape index (κ3) is 5.11. The molecule has 1 aliphatic rings. The Morgan fingerprint density at radius 3 is 2.57 bits per heavy atom. The van der Waals surface area contributed by atoms with Gasteiger partial charge in [-0.25, -0.2) is 4.98 Å². The van der Waals surface area contributed by atoms with Crippen molar-refractivity contribution in [1.29, 1.82) is 0 Å². The number of tetrazole rings is 1. The van der Waals surface area contributed by atoms with E-state index in [1.807, 2.05) is 24.3 Å². The number of aromatic nitrogens is 5. The molecule has 156 valence electrons. The molecule has 1 N–H and O–H groups in total. The number of nitrogens with zero attached hydrogens (tertiary/aromatic N) is 7. The molecule has 0 bridgehead atoms. The molecule has 1 amide bonds. The number of halogens is 1. The molecule has 10 heteroatoms. The third-order valence-electron chi connectivity index (χ3n) is 4.97. The number of nitrogens with one attached hydrogen (secondary N) is 1. The van der Waals surface area contributed by atoms with E-state index in [9.17, 15) is 4.79 Å². The molecule has 1 aliphatic heterocycles. The van der Waals surface area contributed by atoms with Crippen molar-refractivity contribution in [3.8, 4) is 11.4 Å². The molecule has 1 saturated heterocycles. The first-order chi connectivity index (χ1) is 14.6. The van der Waals surface area contributed by atoms with Crippen LogP contribution in [0.15, 0.2) is 42.6 Å². The zero-order chi connectivity index (χ0) is 20.9. The standard InChI is InChI=1S/C20H23ClN8O/c1-27-8-10-28(11-9-27)18-7-2-15(12-22-18)13-23-19(30)14-29-25-20(24-26-29)16-3-5-17(21)6-4-16/h2-7,12H,8-11,13-14H2,1H3,(H,23,30). The number of benzene rings is 1. The van der Waals surface area contributed by atoms with Crippen molar-refractivity contribution in [1.82, 2.24) is 35.4 Å². The second-order valence-corrected chi connectivity index (χ2v) is 7.68. The first-order valence-corrected chi connectivity index (χ1v) is 10.1. The fraction of sp³-hybridized carbons (Fsp3) is 0.350. The molecule has 30 heavy (non-hydrogen) atoms. The molecule has 1 fully saturated rings. The summed E-state index contributed by atoms with van der Waals surface area (Å²) >= 11 is 5.89. The molecule has 0 saturated carbocycles. The van der Waals surface area contributed by atoms with Gasteiger partial charge in [0, 0.05) is 49.5 Å². The maximum absolute atomic E-state index is 12.2. The van der Waals surface area contributed by atoms with Gasteiger partial charge in [0.25, 0.3) is 0 Å². The van der Waals surface area contributed by atoms with Crippen molar-refractivity contribution in [2.75, 3.05) is 38.1 Å². The number of carbonyl (C=O) groups excluding carboxylic acids is 1. The van der Waals surface area contributed by atoms with E-state index >= 15 is 0 Å². The normalized spacial score (nSPS) is 14.7. The van der Waals surface area contributed by atoms with Gasteiger partial charge in [0.15, 0.2) is 0 Å². The number of amides is 1. The topological polar surface area (TPSA) is 92.1 Å². The van der Waals surface area contributed by atoms with Crippen LogP contribution in [-0.4, -0.2) is 69.2 Å². The predicted octanol–water partition coefficient (Wildman–Crippen LogP) is 1.46. The van der Waals surface area contributed by atoms with Crippen LogP contribution in [0.2, 0.25) is 5.02 Å². The summed E-state index contributed by atoms with van der Waals surface area (Å²) in [5, 5.41) is 15.7. The lowest BCUT2D eigenvalue weighted by Gasteiger charge is -2.33. The number of piperazine rings is 1. The van der Waals surface area contributed by atoms with Crippen LogP contribution in [0.1, 0.15) is 5.56 Å². The Balaban J connectivity index is 1.27. The number of hydrogen-bond acceptors (Lipinski definition) is 7. The lowest BCUT2D eigenvalue weighted by atomic mass is 10.2. The minimum absolute atomic E-state index is 0.00655. The predicted molar refractivity (Wildman–Crippen MR) is 114 cm³/mol. The molecule has 0 atom stereocenters. The van der Waals surface area contributed by atoms with Crippen molar-refractivity contribution in [2.24, 2.45) is 0 Å². The Morgan fingerprint density at radius 2 is 1.87 bits per heavy atom. The van der Waals surface area contributed by atoms with Crippen molar-refractivity contribution < 1.29 is 4.79 Å². The van der Waals surface area contributed by atoms with Crippen molar-refractivity contribution in [2.45, 2.75) is 13.1 Å². The number of hydrogen-bond donors (Lipinski definition) is 1. The highest BCUT2D eigenvalue weighted by Gasteiger charge is 2.15. The average Bonchev–Trinajstić information content (AvgIpc) is 3.22. The second kappa shape index (κ2) is 9.19. The van der Waals surface area contributed by atoms with Gasteiger partial charge in [0.2, 0.25) is 11.7 Å².